The van der Waals surface area contributed by atoms with E-state index >= 15 is 0 Å². The maximum Gasteiger partial charge on any atom is 0.197 e. The third kappa shape index (κ3) is 5.04. The van der Waals surface area contributed by atoms with Crippen LogP contribution in [0.2, 0.25) is 0 Å². The number of aryl methyl sites for hydroxylation is 2. The number of benzene rings is 1. The summed E-state index contributed by atoms with van der Waals surface area (Å²) in [5.74, 6) is 0.656. The average molecular weight is 392 g/mol. The van der Waals surface area contributed by atoms with Crippen LogP contribution in [0.25, 0.3) is 11.0 Å². The second kappa shape index (κ2) is 9.23. The summed E-state index contributed by atoms with van der Waals surface area (Å²) in [6.45, 7) is 5.54. The molecule has 4 rings (SSSR count). The fraction of sp³-hybridized carbons (Fsp3) is 0.417. The molecule has 1 aliphatic rings. The smallest absolute Gasteiger partial charge is 0.197 e. The molecule has 0 N–H and O–H groups in total. The molecule has 3 aromatic rings. The first-order valence-corrected chi connectivity index (χ1v) is 10.5. The van der Waals surface area contributed by atoms with Gasteiger partial charge in [-0.3, -0.25) is 9.69 Å². The van der Waals surface area contributed by atoms with E-state index in [9.17, 15) is 4.79 Å². The molecule has 0 bridgehead atoms. The van der Waals surface area contributed by atoms with Crippen molar-refractivity contribution < 1.29 is 4.42 Å². The molecule has 0 aliphatic heterocycles. The van der Waals surface area contributed by atoms with E-state index in [1.165, 1.54) is 6.42 Å². The molecule has 0 unspecified atom stereocenters. The Balaban J connectivity index is 1.50. The van der Waals surface area contributed by atoms with E-state index in [0.717, 1.165) is 50.0 Å². The van der Waals surface area contributed by atoms with Crippen molar-refractivity contribution in [1.29, 1.82) is 0 Å². The van der Waals surface area contributed by atoms with Gasteiger partial charge in [-0.15, -0.1) is 0 Å². The fourth-order valence-corrected chi connectivity index (χ4v) is 4.15. The molecular weight excluding hydrogens is 362 g/mol. The summed E-state index contributed by atoms with van der Waals surface area (Å²) in [7, 11) is 0. The van der Waals surface area contributed by atoms with Gasteiger partial charge in [0.1, 0.15) is 5.58 Å². The highest BCUT2D eigenvalue weighted by atomic mass is 16.3. The van der Waals surface area contributed by atoms with E-state index in [0.29, 0.717) is 23.4 Å². The Hall–Kier alpha value is -2.66. The largest absolute Gasteiger partial charge is 0.464 e. The highest BCUT2D eigenvalue weighted by molar-refractivity contribution is 5.77. The second-order valence-corrected chi connectivity index (χ2v) is 8.13. The van der Waals surface area contributed by atoms with Gasteiger partial charge in [-0.1, -0.05) is 23.8 Å². The van der Waals surface area contributed by atoms with Crippen LogP contribution >= 0.6 is 0 Å². The zero-order valence-electron chi connectivity index (χ0n) is 17.1. The number of fused-ring (bicyclic) bond motifs is 1. The minimum absolute atomic E-state index is 0.0955. The molecule has 1 aromatic carbocycles. The van der Waals surface area contributed by atoms with Crippen molar-refractivity contribution >= 4 is 11.0 Å². The normalized spacial score (nSPS) is 16.7. The van der Waals surface area contributed by atoms with Crippen molar-refractivity contribution in [3.05, 3.63) is 76.7 Å². The molecule has 0 fully saturated rings. The molecular formula is C24H29N3O2. The molecule has 152 valence electrons. The number of rotatable bonds is 8. The molecule has 1 aliphatic carbocycles. The van der Waals surface area contributed by atoms with Gasteiger partial charge in [0.05, 0.1) is 18.0 Å². The summed E-state index contributed by atoms with van der Waals surface area (Å²) in [4.78, 5) is 19.6. The quantitative estimate of drug-likeness (QED) is 0.529. The summed E-state index contributed by atoms with van der Waals surface area (Å²) in [6.07, 6.45) is 16.4. The maximum absolute atomic E-state index is 13.1. The minimum atomic E-state index is 0.0955. The molecule has 5 heteroatoms. The molecule has 0 radical (unpaired) electrons. The van der Waals surface area contributed by atoms with Gasteiger partial charge in [-0.2, -0.15) is 0 Å². The van der Waals surface area contributed by atoms with Crippen LogP contribution in [-0.4, -0.2) is 27.5 Å². The van der Waals surface area contributed by atoms with Crippen molar-refractivity contribution in [3.8, 4) is 0 Å². The minimum Gasteiger partial charge on any atom is -0.464 e. The molecule has 29 heavy (non-hydrogen) atoms. The average Bonchev–Trinajstić information content (AvgIpc) is 3.25. The molecule has 0 spiro atoms. The lowest BCUT2D eigenvalue weighted by Crippen LogP contribution is -2.33. The summed E-state index contributed by atoms with van der Waals surface area (Å²) in [6, 6.07) is 5.79. The zero-order valence-corrected chi connectivity index (χ0v) is 17.1. The van der Waals surface area contributed by atoms with E-state index in [-0.39, 0.29) is 5.43 Å². The number of nitrogens with zero attached hydrogens (tertiary/aromatic N) is 3. The third-order valence-electron chi connectivity index (χ3n) is 5.74. The molecule has 0 amide bonds. The van der Waals surface area contributed by atoms with Crippen molar-refractivity contribution in [2.45, 2.75) is 45.7 Å². The number of hydrogen-bond donors (Lipinski definition) is 0. The first-order valence-electron chi connectivity index (χ1n) is 10.5. The van der Waals surface area contributed by atoms with E-state index in [2.05, 4.69) is 26.6 Å². The van der Waals surface area contributed by atoms with Gasteiger partial charge in [-0.25, -0.2) is 4.98 Å². The first-order chi connectivity index (χ1) is 14.2. The van der Waals surface area contributed by atoms with Gasteiger partial charge >= 0.3 is 0 Å². The SMILES string of the molecule is Cc1ccc2occ(CN(CCCn3ccnc3)C[C@H]3CC=CCC3)c(=O)c2c1. The van der Waals surface area contributed by atoms with Crippen LogP contribution in [-0.2, 0) is 13.1 Å². The number of hydrogen-bond acceptors (Lipinski definition) is 4. The predicted octanol–water partition coefficient (Wildman–Crippen LogP) is 4.55. The van der Waals surface area contributed by atoms with E-state index in [4.69, 9.17) is 4.42 Å². The summed E-state index contributed by atoms with van der Waals surface area (Å²) in [5, 5.41) is 0.682. The number of imidazole rings is 1. The molecule has 2 heterocycles. The fourth-order valence-electron chi connectivity index (χ4n) is 4.15. The van der Waals surface area contributed by atoms with Crippen LogP contribution in [0.5, 0.6) is 0 Å². The lowest BCUT2D eigenvalue weighted by Gasteiger charge is -2.28. The van der Waals surface area contributed by atoms with E-state index in [1.807, 2.05) is 43.8 Å². The van der Waals surface area contributed by atoms with Gasteiger partial charge in [0.2, 0.25) is 0 Å². The molecule has 1 atom stereocenters. The Labute approximate surface area is 171 Å². The highest BCUT2D eigenvalue weighted by Crippen LogP contribution is 2.21. The standard InChI is InChI=1S/C24H29N3O2/c1-19-8-9-23-22(14-19)24(28)21(17-29-23)16-27(15-20-6-3-2-4-7-20)12-5-11-26-13-10-25-18-26/h2-3,8-10,13-14,17-18,20H,4-7,11-12,15-16H2,1H3/t20-/m0/s1. The predicted molar refractivity (Wildman–Crippen MR) is 116 cm³/mol. The highest BCUT2D eigenvalue weighted by Gasteiger charge is 2.17. The van der Waals surface area contributed by atoms with Crippen LogP contribution in [0.3, 0.4) is 0 Å². The van der Waals surface area contributed by atoms with Crippen molar-refractivity contribution in [2.24, 2.45) is 5.92 Å². The Kier molecular flexibility index (Phi) is 6.25. The second-order valence-electron chi connectivity index (χ2n) is 8.13. The van der Waals surface area contributed by atoms with Crippen LogP contribution in [0.4, 0.5) is 0 Å². The van der Waals surface area contributed by atoms with Gasteiger partial charge in [-0.05, 0) is 50.7 Å². The molecule has 5 nitrogen and oxygen atoms in total. The number of allylic oxidation sites excluding steroid dienone is 2. The first kappa shape index (κ1) is 19.6. The van der Waals surface area contributed by atoms with E-state index in [1.54, 1.807) is 6.26 Å². The third-order valence-corrected chi connectivity index (χ3v) is 5.74. The Morgan fingerprint density at radius 1 is 1.31 bits per heavy atom. The van der Waals surface area contributed by atoms with Gasteiger partial charge in [0, 0.05) is 44.1 Å². The Morgan fingerprint density at radius 3 is 3.03 bits per heavy atom. The van der Waals surface area contributed by atoms with Crippen LogP contribution < -0.4 is 5.43 Å². The molecule has 2 aromatic heterocycles. The van der Waals surface area contributed by atoms with Crippen molar-refractivity contribution in [2.75, 3.05) is 13.1 Å². The van der Waals surface area contributed by atoms with Crippen LogP contribution in [0, 0.1) is 12.8 Å². The lowest BCUT2D eigenvalue weighted by atomic mass is 9.93. The topological polar surface area (TPSA) is 51.3 Å². The lowest BCUT2D eigenvalue weighted by molar-refractivity contribution is 0.208. The maximum atomic E-state index is 13.1. The summed E-state index contributed by atoms with van der Waals surface area (Å²) >= 11 is 0. The Bertz CT molecular complexity index is 1020. The summed E-state index contributed by atoms with van der Waals surface area (Å²) in [5.41, 5.74) is 2.58. The van der Waals surface area contributed by atoms with Crippen molar-refractivity contribution in [3.63, 3.8) is 0 Å². The summed E-state index contributed by atoms with van der Waals surface area (Å²) < 4.78 is 7.89. The van der Waals surface area contributed by atoms with E-state index < -0.39 is 0 Å². The molecule has 0 saturated carbocycles. The van der Waals surface area contributed by atoms with Gasteiger partial charge in [0.25, 0.3) is 0 Å². The van der Waals surface area contributed by atoms with Crippen LogP contribution in [0.15, 0.2) is 64.5 Å². The molecule has 0 saturated heterocycles. The van der Waals surface area contributed by atoms with Gasteiger partial charge in [0.15, 0.2) is 5.43 Å². The van der Waals surface area contributed by atoms with Crippen molar-refractivity contribution in [1.82, 2.24) is 14.5 Å². The monoisotopic (exact) mass is 391 g/mol. The Morgan fingerprint density at radius 2 is 2.24 bits per heavy atom. The van der Waals surface area contributed by atoms with Crippen LogP contribution in [0.1, 0.15) is 36.8 Å². The number of aromatic nitrogens is 2. The zero-order chi connectivity index (χ0) is 20.1. The van der Waals surface area contributed by atoms with Gasteiger partial charge < -0.3 is 8.98 Å².